The SMILES string of the molecule is CCC1COCCN1C(=O)C(C)(C)OC. The summed E-state index contributed by atoms with van der Waals surface area (Å²) >= 11 is 0. The number of rotatable bonds is 3. The smallest absolute Gasteiger partial charge is 0.254 e. The number of hydrogen-bond donors (Lipinski definition) is 0. The van der Waals surface area contributed by atoms with Gasteiger partial charge in [0.05, 0.1) is 19.3 Å². The lowest BCUT2D eigenvalue weighted by Gasteiger charge is -2.39. The highest BCUT2D eigenvalue weighted by molar-refractivity contribution is 5.84. The maximum absolute atomic E-state index is 12.2. The lowest BCUT2D eigenvalue weighted by atomic mass is 10.0. The third-order valence-electron chi connectivity index (χ3n) is 2.99. The van der Waals surface area contributed by atoms with E-state index in [1.165, 1.54) is 0 Å². The molecule has 0 radical (unpaired) electrons. The van der Waals surface area contributed by atoms with E-state index in [4.69, 9.17) is 9.47 Å². The Hall–Kier alpha value is -0.610. The van der Waals surface area contributed by atoms with Crippen LogP contribution in [0.4, 0.5) is 0 Å². The minimum Gasteiger partial charge on any atom is -0.377 e. The fourth-order valence-electron chi connectivity index (χ4n) is 1.69. The van der Waals surface area contributed by atoms with Gasteiger partial charge in [-0.2, -0.15) is 0 Å². The van der Waals surface area contributed by atoms with Gasteiger partial charge in [0.1, 0.15) is 5.60 Å². The highest BCUT2D eigenvalue weighted by atomic mass is 16.5. The number of methoxy groups -OCH3 is 1. The summed E-state index contributed by atoms with van der Waals surface area (Å²) in [6, 6.07) is 0.195. The highest BCUT2D eigenvalue weighted by Gasteiger charge is 2.36. The second kappa shape index (κ2) is 4.94. The van der Waals surface area contributed by atoms with Crippen LogP contribution >= 0.6 is 0 Å². The van der Waals surface area contributed by atoms with Crippen molar-refractivity contribution < 1.29 is 14.3 Å². The van der Waals surface area contributed by atoms with Crippen LogP contribution in [0.15, 0.2) is 0 Å². The van der Waals surface area contributed by atoms with Crippen LogP contribution < -0.4 is 0 Å². The van der Waals surface area contributed by atoms with E-state index < -0.39 is 5.60 Å². The summed E-state index contributed by atoms with van der Waals surface area (Å²) in [5, 5.41) is 0. The Kier molecular flexibility index (Phi) is 4.11. The number of morpholine rings is 1. The summed E-state index contributed by atoms with van der Waals surface area (Å²) in [6.07, 6.45) is 0.922. The van der Waals surface area contributed by atoms with Crippen molar-refractivity contribution in [3.63, 3.8) is 0 Å². The zero-order valence-electron chi connectivity index (χ0n) is 10.1. The minimum absolute atomic E-state index is 0.0557. The van der Waals surface area contributed by atoms with Crippen molar-refractivity contribution in [1.29, 1.82) is 0 Å². The van der Waals surface area contributed by atoms with Gasteiger partial charge in [0.15, 0.2) is 0 Å². The molecule has 4 heteroatoms. The van der Waals surface area contributed by atoms with Crippen LogP contribution in [-0.2, 0) is 14.3 Å². The van der Waals surface area contributed by atoms with Crippen molar-refractivity contribution in [3.05, 3.63) is 0 Å². The van der Waals surface area contributed by atoms with E-state index in [1.807, 2.05) is 4.90 Å². The molecule has 0 spiro atoms. The summed E-state index contributed by atoms with van der Waals surface area (Å²) in [7, 11) is 1.57. The van der Waals surface area contributed by atoms with Crippen molar-refractivity contribution in [2.75, 3.05) is 26.9 Å². The summed E-state index contributed by atoms with van der Waals surface area (Å²) in [5.74, 6) is 0.0557. The van der Waals surface area contributed by atoms with Crippen molar-refractivity contribution in [2.45, 2.75) is 38.8 Å². The van der Waals surface area contributed by atoms with Gasteiger partial charge in [0, 0.05) is 13.7 Å². The molecule has 0 bridgehead atoms. The van der Waals surface area contributed by atoms with Crippen LogP contribution in [0.3, 0.4) is 0 Å². The molecule has 1 fully saturated rings. The van der Waals surface area contributed by atoms with Gasteiger partial charge in [-0.1, -0.05) is 6.92 Å². The largest absolute Gasteiger partial charge is 0.377 e. The topological polar surface area (TPSA) is 38.8 Å². The van der Waals surface area contributed by atoms with E-state index >= 15 is 0 Å². The summed E-state index contributed by atoms with van der Waals surface area (Å²) in [5.41, 5.74) is -0.731. The fourth-order valence-corrected chi connectivity index (χ4v) is 1.69. The van der Waals surface area contributed by atoms with Crippen molar-refractivity contribution in [3.8, 4) is 0 Å². The number of amides is 1. The summed E-state index contributed by atoms with van der Waals surface area (Å²) in [4.78, 5) is 14.0. The molecule has 1 aliphatic heterocycles. The van der Waals surface area contributed by atoms with E-state index in [1.54, 1.807) is 21.0 Å². The number of carbonyl (C=O) groups is 1. The molecule has 4 nitrogen and oxygen atoms in total. The first-order valence-electron chi connectivity index (χ1n) is 5.47. The van der Waals surface area contributed by atoms with E-state index in [9.17, 15) is 4.79 Å². The molecule has 1 rings (SSSR count). The van der Waals surface area contributed by atoms with E-state index in [0.29, 0.717) is 19.8 Å². The zero-order valence-corrected chi connectivity index (χ0v) is 10.1. The second-order valence-electron chi connectivity index (χ2n) is 4.35. The molecule has 88 valence electrons. The molecule has 15 heavy (non-hydrogen) atoms. The Bertz CT molecular complexity index is 228. The lowest BCUT2D eigenvalue weighted by molar-refractivity contribution is -0.159. The summed E-state index contributed by atoms with van der Waals surface area (Å²) < 4.78 is 10.6. The van der Waals surface area contributed by atoms with Crippen LogP contribution in [0.2, 0.25) is 0 Å². The fraction of sp³-hybridized carbons (Fsp3) is 0.909. The zero-order chi connectivity index (χ0) is 11.5. The monoisotopic (exact) mass is 215 g/mol. The van der Waals surface area contributed by atoms with Gasteiger partial charge in [-0.15, -0.1) is 0 Å². The van der Waals surface area contributed by atoms with Gasteiger partial charge in [-0.3, -0.25) is 4.79 Å². The van der Waals surface area contributed by atoms with Crippen LogP contribution in [-0.4, -0.2) is 49.3 Å². The average molecular weight is 215 g/mol. The van der Waals surface area contributed by atoms with Gasteiger partial charge >= 0.3 is 0 Å². The van der Waals surface area contributed by atoms with Gasteiger partial charge in [-0.05, 0) is 20.3 Å². The molecule has 1 atom stereocenters. The molecule has 1 aliphatic rings. The van der Waals surface area contributed by atoms with Gasteiger partial charge in [0.2, 0.25) is 0 Å². The quantitative estimate of drug-likeness (QED) is 0.706. The molecule has 0 saturated carbocycles. The molecule has 0 aliphatic carbocycles. The molecule has 0 N–H and O–H groups in total. The second-order valence-corrected chi connectivity index (χ2v) is 4.35. The van der Waals surface area contributed by atoms with Crippen LogP contribution in [0, 0.1) is 0 Å². The Balaban J connectivity index is 2.72. The lowest BCUT2D eigenvalue weighted by Crippen LogP contribution is -2.55. The Morgan fingerprint density at radius 1 is 1.60 bits per heavy atom. The Morgan fingerprint density at radius 2 is 2.27 bits per heavy atom. The normalized spacial score (nSPS) is 22.9. The van der Waals surface area contributed by atoms with E-state index in [2.05, 4.69) is 6.92 Å². The Morgan fingerprint density at radius 3 is 2.80 bits per heavy atom. The first kappa shape index (κ1) is 12.5. The van der Waals surface area contributed by atoms with Gasteiger partial charge in [0.25, 0.3) is 5.91 Å². The average Bonchev–Trinajstić information content (AvgIpc) is 2.28. The summed E-state index contributed by atoms with van der Waals surface area (Å²) in [6.45, 7) is 7.61. The number of ether oxygens (including phenoxy) is 2. The van der Waals surface area contributed by atoms with E-state index in [0.717, 1.165) is 6.42 Å². The molecule has 1 heterocycles. The Labute approximate surface area is 91.5 Å². The minimum atomic E-state index is -0.731. The highest BCUT2D eigenvalue weighted by Crippen LogP contribution is 2.18. The predicted molar refractivity (Wildman–Crippen MR) is 57.7 cm³/mol. The molecule has 0 aromatic rings. The third kappa shape index (κ3) is 2.69. The van der Waals surface area contributed by atoms with Crippen molar-refractivity contribution in [2.24, 2.45) is 0 Å². The van der Waals surface area contributed by atoms with Crippen LogP contribution in [0.25, 0.3) is 0 Å². The van der Waals surface area contributed by atoms with E-state index in [-0.39, 0.29) is 11.9 Å². The van der Waals surface area contributed by atoms with Crippen molar-refractivity contribution >= 4 is 5.91 Å². The molecule has 1 saturated heterocycles. The maximum atomic E-state index is 12.2. The standard InChI is InChI=1S/C11H21NO3/c1-5-9-8-15-7-6-12(9)10(13)11(2,3)14-4/h9H,5-8H2,1-4H3. The molecule has 1 unspecified atom stereocenters. The molecule has 0 aromatic carbocycles. The maximum Gasteiger partial charge on any atom is 0.254 e. The number of hydrogen-bond acceptors (Lipinski definition) is 3. The predicted octanol–water partition coefficient (Wildman–Crippen LogP) is 1.05. The molecular formula is C11H21NO3. The molecule has 1 amide bonds. The van der Waals surface area contributed by atoms with Crippen molar-refractivity contribution in [1.82, 2.24) is 4.90 Å². The van der Waals surface area contributed by atoms with Crippen LogP contribution in [0.1, 0.15) is 27.2 Å². The van der Waals surface area contributed by atoms with Crippen LogP contribution in [0.5, 0.6) is 0 Å². The first-order chi connectivity index (χ1) is 7.03. The van der Waals surface area contributed by atoms with Gasteiger partial charge < -0.3 is 14.4 Å². The first-order valence-corrected chi connectivity index (χ1v) is 5.47. The molecule has 0 aromatic heterocycles. The van der Waals surface area contributed by atoms with Gasteiger partial charge in [-0.25, -0.2) is 0 Å². The number of carbonyl (C=O) groups excluding carboxylic acids is 1. The third-order valence-corrected chi connectivity index (χ3v) is 2.99. The number of nitrogens with zero attached hydrogens (tertiary/aromatic N) is 1. The molecular weight excluding hydrogens is 194 g/mol.